The average Bonchev–Trinajstić information content (AvgIpc) is 3.36. The van der Waals surface area contributed by atoms with Gasteiger partial charge in [-0.25, -0.2) is 14.2 Å². The molecule has 0 bridgehead atoms. The number of nitrogens with one attached hydrogen (secondary N) is 3. The number of hydrogen-bond donors (Lipinski definition) is 3. The molecule has 2 heterocycles. The van der Waals surface area contributed by atoms with Gasteiger partial charge in [0.2, 0.25) is 5.91 Å². The second kappa shape index (κ2) is 7.38. The normalized spacial score (nSPS) is 22.2. The quantitative estimate of drug-likeness (QED) is 0.750. The van der Waals surface area contributed by atoms with Crippen molar-refractivity contribution in [2.75, 3.05) is 0 Å². The van der Waals surface area contributed by atoms with Crippen LogP contribution in [0.2, 0.25) is 0 Å². The molecular weight excluding hydrogens is 349 g/mol. The van der Waals surface area contributed by atoms with Gasteiger partial charge < -0.3 is 20.5 Å². The van der Waals surface area contributed by atoms with Gasteiger partial charge in [-0.2, -0.15) is 0 Å². The summed E-state index contributed by atoms with van der Waals surface area (Å²) in [5, 5.41) is 8.72. The highest BCUT2D eigenvalue weighted by molar-refractivity contribution is 5.79. The number of carbonyl (C=O) groups is 2. The largest absolute Gasteiger partial charge is 0.351 e. The molecule has 7 nitrogen and oxygen atoms in total. The lowest BCUT2D eigenvalue weighted by atomic mass is 9.94. The third-order valence-electron chi connectivity index (χ3n) is 5.14. The SMILES string of the molecule is O=C1CC[C@@H](NC(=O)NCc2ccc(-n3ccnc3)c(F)c2)[C@H](C2CC2)N1. The number of amides is 3. The van der Waals surface area contributed by atoms with Gasteiger partial charge in [-0.05, 0) is 42.9 Å². The van der Waals surface area contributed by atoms with Crippen molar-refractivity contribution in [1.82, 2.24) is 25.5 Å². The number of urea groups is 1. The van der Waals surface area contributed by atoms with Crippen LogP contribution in [-0.2, 0) is 11.3 Å². The van der Waals surface area contributed by atoms with Crippen LogP contribution in [0.25, 0.3) is 5.69 Å². The Bertz CT molecular complexity index is 835. The molecule has 8 heteroatoms. The number of halogens is 1. The molecule has 1 saturated carbocycles. The minimum absolute atomic E-state index is 0.0175. The first-order chi connectivity index (χ1) is 13.1. The van der Waals surface area contributed by atoms with Gasteiger partial charge in [0.05, 0.1) is 24.1 Å². The number of carbonyl (C=O) groups excluding carboxylic acids is 2. The Morgan fingerprint density at radius 2 is 2.19 bits per heavy atom. The van der Waals surface area contributed by atoms with E-state index < -0.39 is 0 Å². The van der Waals surface area contributed by atoms with Crippen LogP contribution in [0.5, 0.6) is 0 Å². The molecule has 2 fully saturated rings. The Morgan fingerprint density at radius 1 is 1.33 bits per heavy atom. The molecule has 3 N–H and O–H groups in total. The summed E-state index contributed by atoms with van der Waals surface area (Å²) in [5.41, 5.74) is 1.08. The highest BCUT2D eigenvalue weighted by Crippen LogP contribution is 2.36. The summed E-state index contributed by atoms with van der Waals surface area (Å²) in [5.74, 6) is 0.139. The lowest BCUT2D eigenvalue weighted by Gasteiger charge is -2.33. The topological polar surface area (TPSA) is 88.1 Å². The van der Waals surface area contributed by atoms with Gasteiger partial charge in [0.15, 0.2) is 0 Å². The number of hydrogen-bond acceptors (Lipinski definition) is 3. The van der Waals surface area contributed by atoms with Crippen molar-refractivity contribution in [2.45, 2.75) is 44.3 Å². The van der Waals surface area contributed by atoms with Crippen LogP contribution in [0.1, 0.15) is 31.2 Å². The minimum atomic E-state index is -0.378. The van der Waals surface area contributed by atoms with E-state index >= 15 is 0 Å². The predicted octanol–water partition coefficient (Wildman–Crippen LogP) is 1.87. The van der Waals surface area contributed by atoms with Crippen molar-refractivity contribution in [2.24, 2.45) is 5.92 Å². The van der Waals surface area contributed by atoms with E-state index in [0.717, 1.165) is 12.8 Å². The highest BCUT2D eigenvalue weighted by Gasteiger charge is 2.40. The Labute approximate surface area is 156 Å². The molecule has 1 aromatic heterocycles. The first kappa shape index (κ1) is 17.5. The Kier molecular flexibility index (Phi) is 4.79. The fourth-order valence-corrected chi connectivity index (χ4v) is 3.56. The van der Waals surface area contributed by atoms with Gasteiger partial charge >= 0.3 is 6.03 Å². The summed E-state index contributed by atoms with van der Waals surface area (Å²) < 4.78 is 15.9. The van der Waals surface area contributed by atoms with E-state index in [1.807, 2.05) is 0 Å². The maximum atomic E-state index is 14.3. The fourth-order valence-electron chi connectivity index (χ4n) is 3.56. The fraction of sp³-hybridized carbons (Fsp3) is 0.421. The van der Waals surface area contributed by atoms with Crippen LogP contribution in [0.4, 0.5) is 9.18 Å². The van der Waals surface area contributed by atoms with Gasteiger partial charge in [0.25, 0.3) is 0 Å². The van der Waals surface area contributed by atoms with Gasteiger partial charge in [0, 0.05) is 25.4 Å². The number of rotatable bonds is 5. The van der Waals surface area contributed by atoms with Crippen LogP contribution in [0.15, 0.2) is 36.9 Å². The monoisotopic (exact) mass is 371 g/mol. The molecular formula is C19H22FN5O2. The van der Waals surface area contributed by atoms with Crippen molar-refractivity contribution in [3.8, 4) is 5.69 Å². The van der Waals surface area contributed by atoms with E-state index in [-0.39, 0.29) is 36.4 Å². The summed E-state index contributed by atoms with van der Waals surface area (Å²) in [6.07, 6.45) is 8.04. The van der Waals surface area contributed by atoms with Gasteiger partial charge in [-0.15, -0.1) is 0 Å². The molecule has 27 heavy (non-hydrogen) atoms. The first-order valence-corrected chi connectivity index (χ1v) is 9.20. The van der Waals surface area contributed by atoms with Crippen LogP contribution in [0, 0.1) is 11.7 Å². The zero-order chi connectivity index (χ0) is 18.8. The number of imidazole rings is 1. The molecule has 1 aliphatic heterocycles. The number of nitrogens with zero attached hydrogens (tertiary/aromatic N) is 2. The Morgan fingerprint density at radius 3 is 2.89 bits per heavy atom. The maximum absolute atomic E-state index is 14.3. The van der Waals surface area contributed by atoms with Crippen LogP contribution >= 0.6 is 0 Å². The standard InChI is InChI=1S/C19H22FN5O2/c20-14-9-12(1-5-16(14)25-8-7-21-11-25)10-22-19(27)23-15-4-6-17(26)24-18(15)13-2-3-13/h1,5,7-9,11,13,15,18H,2-4,6,10H2,(H,24,26)(H2,22,23,27)/t15-,18+/m1/s1. The summed E-state index contributed by atoms with van der Waals surface area (Å²) in [4.78, 5) is 27.8. The van der Waals surface area contributed by atoms with Crippen molar-refractivity contribution in [3.63, 3.8) is 0 Å². The predicted molar refractivity (Wildman–Crippen MR) is 96.6 cm³/mol. The van der Waals surface area contributed by atoms with Crippen LogP contribution in [0.3, 0.4) is 0 Å². The zero-order valence-corrected chi connectivity index (χ0v) is 14.8. The van der Waals surface area contributed by atoms with Gasteiger partial charge in [0.1, 0.15) is 5.82 Å². The molecule has 2 aromatic rings. The zero-order valence-electron chi connectivity index (χ0n) is 14.8. The average molecular weight is 371 g/mol. The third kappa shape index (κ3) is 4.10. The first-order valence-electron chi connectivity index (χ1n) is 9.20. The van der Waals surface area contributed by atoms with E-state index in [1.54, 1.807) is 29.1 Å². The van der Waals surface area contributed by atoms with E-state index in [1.165, 1.54) is 12.4 Å². The summed E-state index contributed by atoms with van der Waals surface area (Å²) >= 11 is 0. The van der Waals surface area contributed by atoms with Crippen molar-refractivity contribution in [1.29, 1.82) is 0 Å². The van der Waals surface area contributed by atoms with E-state index in [2.05, 4.69) is 20.9 Å². The second-order valence-corrected chi connectivity index (χ2v) is 7.16. The molecule has 2 aliphatic rings. The molecule has 0 radical (unpaired) electrons. The lowest BCUT2D eigenvalue weighted by Crippen LogP contribution is -2.57. The van der Waals surface area contributed by atoms with Gasteiger partial charge in [-0.3, -0.25) is 4.79 Å². The van der Waals surface area contributed by atoms with Crippen LogP contribution in [-0.4, -0.2) is 33.6 Å². The molecule has 3 amide bonds. The molecule has 2 atom stereocenters. The number of piperidine rings is 1. The second-order valence-electron chi connectivity index (χ2n) is 7.16. The van der Waals surface area contributed by atoms with Gasteiger partial charge in [-0.1, -0.05) is 6.07 Å². The highest BCUT2D eigenvalue weighted by atomic mass is 19.1. The molecule has 142 valence electrons. The van der Waals surface area contributed by atoms with Crippen molar-refractivity contribution < 1.29 is 14.0 Å². The smallest absolute Gasteiger partial charge is 0.315 e. The number of aromatic nitrogens is 2. The summed E-state index contributed by atoms with van der Waals surface area (Å²) in [6, 6.07) is 4.49. The lowest BCUT2D eigenvalue weighted by molar-refractivity contribution is -0.124. The molecule has 0 unspecified atom stereocenters. The van der Waals surface area contributed by atoms with E-state index in [4.69, 9.17) is 0 Å². The minimum Gasteiger partial charge on any atom is -0.351 e. The van der Waals surface area contributed by atoms with E-state index in [9.17, 15) is 14.0 Å². The van der Waals surface area contributed by atoms with Crippen molar-refractivity contribution in [3.05, 3.63) is 48.3 Å². The summed E-state index contributed by atoms with van der Waals surface area (Å²) in [6.45, 7) is 0.222. The Hall–Kier alpha value is -2.90. The number of benzene rings is 1. The molecule has 1 aliphatic carbocycles. The van der Waals surface area contributed by atoms with Crippen molar-refractivity contribution >= 4 is 11.9 Å². The molecule has 4 rings (SSSR count). The summed E-state index contributed by atoms with van der Waals surface area (Å²) in [7, 11) is 0. The molecule has 1 saturated heterocycles. The molecule has 0 spiro atoms. The maximum Gasteiger partial charge on any atom is 0.315 e. The van der Waals surface area contributed by atoms with E-state index in [0.29, 0.717) is 30.0 Å². The third-order valence-corrected chi connectivity index (χ3v) is 5.14. The van der Waals surface area contributed by atoms with Crippen LogP contribution < -0.4 is 16.0 Å². The Balaban J connectivity index is 1.32. The molecule has 1 aromatic carbocycles.